The number of ether oxygens (including phenoxy) is 2. The minimum atomic E-state index is -1.28. The van der Waals surface area contributed by atoms with Gasteiger partial charge in [-0.3, -0.25) is 39.4 Å². The lowest BCUT2D eigenvalue weighted by Gasteiger charge is -2.42. The summed E-state index contributed by atoms with van der Waals surface area (Å²) in [5.74, 6) is 0.0926. The van der Waals surface area contributed by atoms with Gasteiger partial charge in [0.2, 0.25) is 11.8 Å². The molecule has 0 aliphatic carbocycles. The van der Waals surface area contributed by atoms with E-state index in [4.69, 9.17) is 41.0 Å². The van der Waals surface area contributed by atoms with Crippen LogP contribution in [-0.2, 0) is 53.3 Å². The number of pyridine rings is 1. The lowest BCUT2D eigenvalue weighted by atomic mass is 9.99. The summed E-state index contributed by atoms with van der Waals surface area (Å²) >= 11 is 6.56. The maximum Gasteiger partial charge on any atom is 0.318 e. The average molecular weight is 1840 g/mol. The number of carbonyl (C=O) groups excluding carboxylic acids is 3. The highest BCUT2D eigenvalue weighted by Gasteiger charge is 2.44. The van der Waals surface area contributed by atoms with Crippen LogP contribution in [0.4, 0.5) is 52.1 Å². The molecule has 30 nitrogen and oxygen atoms in total. The molecule has 2 unspecified atom stereocenters. The first-order valence-electron chi connectivity index (χ1n) is 42.8. The number of rotatable bonds is 19. The van der Waals surface area contributed by atoms with Crippen molar-refractivity contribution in [3.8, 4) is 30.2 Å². The van der Waals surface area contributed by atoms with Gasteiger partial charge in [-0.25, -0.2) is 27.5 Å². The van der Waals surface area contributed by atoms with Gasteiger partial charge in [-0.1, -0.05) is 36.9 Å². The van der Waals surface area contributed by atoms with Crippen LogP contribution in [-0.4, -0.2) is 265 Å². The largest absolute Gasteiger partial charge is 0.462 e. The molecule has 0 saturated carbocycles. The number of fused-ring (bicyclic) bond motifs is 6. The van der Waals surface area contributed by atoms with Gasteiger partial charge in [-0.05, 0) is 128 Å². The summed E-state index contributed by atoms with van der Waals surface area (Å²) in [6.07, 6.45) is 14.7. The van der Waals surface area contributed by atoms with Crippen molar-refractivity contribution in [2.45, 2.75) is 161 Å². The highest BCUT2D eigenvalue weighted by Crippen LogP contribution is 2.43. The van der Waals surface area contributed by atoms with Crippen molar-refractivity contribution < 1.29 is 41.4 Å². The molecule has 38 heteroatoms. The summed E-state index contributed by atoms with van der Waals surface area (Å²) in [7, 11) is 3.79. The summed E-state index contributed by atoms with van der Waals surface area (Å²) in [5, 5.41) is 48.1. The number of nitriles is 3. The number of amides is 3. The number of anilines is 6. The number of likely N-dealkylation sites (N-methyl/N-ethyl adjacent to an activating group) is 2. The molecule has 3 aromatic carbocycles. The second-order valence-electron chi connectivity index (χ2n) is 34.8. The van der Waals surface area contributed by atoms with Crippen LogP contribution in [0, 0.1) is 61.7 Å². The van der Waals surface area contributed by atoms with E-state index in [1.807, 2.05) is 71.8 Å². The number of carbonyl (C=O) groups is 3. The summed E-state index contributed by atoms with van der Waals surface area (Å²) in [5.41, 5.74) is 13.5. The molecule has 8 aliphatic heterocycles. The molecule has 17 rings (SSSR count). The number of allylic oxidation sites excluding steroid dienone is 1. The van der Waals surface area contributed by atoms with Crippen LogP contribution in [0.25, 0.3) is 32.6 Å². The van der Waals surface area contributed by atoms with Crippen molar-refractivity contribution in [1.82, 2.24) is 79.8 Å². The Morgan fingerprint density at radius 3 is 1.51 bits per heavy atom. The van der Waals surface area contributed by atoms with Crippen molar-refractivity contribution in [3.05, 3.63) is 159 Å². The number of nitrogens with zero attached hydrogens (tertiary/aromatic N) is 23. The number of piperazine rings is 3. The van der Waals surface area contributed by atoms with Gasteiger partial charge in [0.15, 0.2) is 5.83 Å². The fraction of sp³-hybridized carbons (Fsp3) is 0.484. The number of aromatic amines is 2. The third kappa shape index (κ3) is 20.8. The van der Waals surface area contributed by atoms with Gasteiger partial charge in [0.25, 0.3) is 5.91 Å². The van der Waals surface area contributed by atoms with E-state index >= 15 is 0 Å². The quantitative estimate of drug-likeness (QED) is 0.0561. The Balaban J connectivity index is 0.000000175. The molecule has 0 radical (unpaired) electrons. The van der Waals surface area contributed by atoms with Crippen molar-refractivity contribution in [2.75, 3.05) is 155 Å². The summed E-state index contributed by atoms with van der Waals surface area (Å²) < 4.78 is 68.5. The number of hydrogen-bond acceptors (Lipinski definition) is 25. The fourth-order valence-electron chi connectivity index (χ4n) is 19.4. The predicted octanol–water partition coefficient (Wildman–Crippen LogP) is 11.6. The fourth-order valence-corrected chi connectivity index (χ4v) is 19.6. The van der Waals surface area contributed by atoms with E-state index in [0.29, 0.717) is 127 Å². The zero-order valence-electron chi connectivity index (χ0n) is 74.2. The molecule has 7 atom stereocenters. The van der Waals surface area contributed by atoms with E-state index in [2.05, 4.69) is 131 Å². The maximum atomic E-state index is 14.8. The molecule has 129 heavy (non-hydrogen) atoms. The number of aryl methyl sites for hydroxylation is 2. The third-order valence-corrected chi connectivity index (χ3v) is 26.1. The van der Waals surface area contributed by atoms with Crippen molar-refractivity contribution in [1.29, 1.82) is 15.8 Å². The molecule has 2 N–H and O–H groups in total. The zero-order chi connectivity index (χ0) is 89.2. The lowest BCUT2D eigenvalue weighted by Crippen LogP contribution is -2.55. The van der Waals surface area contributed by atoms with E-state index < -0.39 is 35.8 Å². The minimum absolute atomic E-state index is 0. The predicted molar refractivity (Wildman–Crippen MR) is 505 cm³/mol. The van der Waals surface area contributed by atoms with Crippen LogP contribution in [0.5, 0.6) is 12.0 Å². The molecule has 0 bridgehead atoms. The van der Waals surface area contributed by atoms with Crippen LogP contribution in [0.2, 0.25) is 5.02 Å². The molecule has 5 saturated heterocycles. The Bertz CT molecular complexity index is 5840. The standard InChI is InChI=1S/C33H41F2N9O2.C32H39F2N9O2.C26H26ClN7O.3H2S/c1-21-14-27-26(16-37-40-27)30(22(21)2)42-11-8-25-28(18-42)38-32(46-19-24-15-33(3,35)20-41(24)4)39-31(25)43-12-13-44(23(17-43)7-10-36)29(45)6-5-9-34;1-19-12-26-25(14-36-39-26)28(20(19)2)41-9-7-24-27(16-41)37-31(45-17-23-13-32(4,34)18-40(23)5)38-29(24)42-10-11-43(30(44)21(3)33)22(15-42)6-8-35;1-17(2)26(35)34-11-10-33(14-19(34)6-8-28)25-20-7-9-32(15-22(20)30-16-31-25)23-13-29-12-18-4-3-5-21(27)24(18)23;;;/h5-6,14,16,23-24H,7-9,11-13,15,17-20H2,1-4H3,(H,37,40);12,14,22-23H,3,6-7,9-11,13,15-18H2,1-2,4-5H3,(H,36,39);3-5,12-13,16,19H,1,6-7,9-11,14-15H2,2H3;3*1H2/b6-5+;;;;;/t23-,24-,33?;22-,23-,32?;19-;;;/m000.../s1. The van der Waals surface area contributed by atoms with E-state index in [9.17, 15) is 47.7 Å². The molecule has 684 valence electrons. The number of halogens is 5. The van der Waals surface area contributed by atoms with Crippen LogP contribution in [0.15, 0.2) is 98.2 Å². The van der Waals surface area contributed by atoms with Crippen molar-refractivity contribution in [2.24, 2.45) is 0 Å². The summed E-state index contributed by atoms with van der Waals surface area (Å²) in [6, 6.07) is 15.7. The van der Waals surface area contributed by atoms with Crippen LogP contribution >= 0.6 is 52.1 Å². The first kappa shape index (κ1) is 96.8. The molecular weight excluding hydrogens is 1730 g/mol. The van der Waals surface area contributed by atoms with Gasteiger partial charge in [0.1, 0.15) is 55.0 Å². The smallest absolute Gasteiger partial charge is 0.318 e. The molecular formula is C91H112ClF4N25O5S3. The topological polar surface area (TPSA) is 324 Å². The molecule has 6 aromatic heterocycles. The van der Waals surface area contributed by atoms with E-state index in [0.717, 1.165) is 127 Å². The van der Waals surface area contributed by atoms with Crippen molar-refractivity contribution in [3.63, 3.8) is 0 Å². The van der Waals surface area contributed by atoms with Crippen LogP contribution in [0.3, 0.4) is 0 Å². The summed E-state index contributed by atoms with van der Waals surface area (Å²) in [4.78, 5) is 93.2. The van der Waals surface area contributed by atoms with Gasteiger partial charge in [0.05, 0.1) is 144 Å². The Labute approximate surface area is 774 Å². The second kappa shape index (κ2) is 41.2. The Morgan fingerprint density at radius 2 is 1.05 bits per heavy atom. The van der Waals surface area contributed by atoms with Gasteiger partial charge < -0.3 is 53.6 Å². The number of aromatic nitrogens is 11. The number of alkyl halides is 3. The second-order valence-corrected chi connectivity index (χ2v) is 35.2. The number of likely N-dealkylation sites (tertiary alicyclic amines) is 2. The lowest BCUT2D eigenvalue weighted by molar-refractivity contribution is -0.131. The molecule has 14 heterocycles. The maximum absolute atomic E-state index is 14.8. The Hall–Kier alpha value is -11.3. The molecule has 5 fully saturated rings. The van der Waals surface area contributed by atoms with Gasteiger partial charge in [-0.2, -0.15) is 86.4 Å². The van der Waals surface area contributed by atoms with E-state index in [1.54, 1.807) is 36.9 Å². The van der Waals surface area contributed by atoms with Gasteiger partial charge in [0, 0.05) is 173 Å². The van der Waals surface area contributed by atoms with E-state index in [-0.39, 0.29) is 128 Å². The first-order valence-corrected chi connectivity index (χ1v) is 43.2. The highest BCUT2D eigenvalue weighted by molar-refractivity contribution is 7.59. The molecule has 8 aliphatic rings. The number of hydrogen-bond donors (Lipinski definition) is 2. The van der Waals surface area contributed by atoms with Crippen molar-refractivity contribution >= 4 is 137 Å². The average Bonchev–Trinajstić information content (AvgIpc) is 1.14. The zero-order valence-corrected chi connectivity index (χ0v) is 78.0. The third-order valence-electron chi connectivity index (χ3n) is 25.8. The normalized spacial score (nSPS) is 21.5. The monoisotopic (exact) mass is 1840 g/mol. The summed E-state index contributed by atoms with van der Waals surface area (Å²) in [6.45, 7) is 28.6. The Morgan fingerprint density at radius 1 is 0.589 bits per heavy atom. The van der Waals surface area contributed by atoms with Crippen LogP contribution < -0.4 is 38.9 Å². The highest BCUT2D eigenvalue weighted by atomic mass is 35.5. The molecule has 0 spiro atoms. The Kier molecular flexibility index (Phi) is 30.9. The number of H-pyrrole nitrogens is 2. The van der Waals surface area contributed by atoms with Crippen LogP contribution in [0.1, 0.15) is 109 Å². The van der Waals surface area contributed by atoms with E-state index in [1.165, 1.54) is 33.7 Å². The van der Waals surface area contributed by atoms with Gasteiger partial charge >= 0.3 is 12.0 Å². The number of nitrogens with one attached hydrogen (secondary N) is 2. The minimum Gasteiger partial charge on any atom is -0.462 e. The van der Waals surface area contributed by atoms with Gasteiger partial charge in [-0.15, -0.1) is 0 Å². The SMILES string of the molecule is C=C(C)C(=O)N1CCN(c2ncnc3c2CCN(c2cncc4cccc(Cl)c24)C3)C[C@@H]1CC#N.C=C(F)C(=O)N1CCN(c2nc(OC[C@@H]3CC(C)(F)CN3C)nc3c2CCN(c2c(C)c(C)cc4[nH]ncc24)C3)C[C@@H]1CC#N.Cc1cc2[nH]ncc2c(N2CCc3c(nc(OC[C@@H]4CC(C)(F)CN4C)nc3N3CCN(C(=O)/C=C/CF)[C@@H](CC#N)C3)C2)c1C.S.S.S. The molecule has 9 aromatic rings. The molecule has 3 amide bonds. The first-order chi connectivity index (χ1) is 60.5. The number of benzene rings is 3.